The zero-order valence-electron chi connectivity index (χ0n) is 14.0. The zero-order chi connectivity index (χ0) is 17.1. The molecular weight excluding hydrogens is 332 g/mol. The molecule has 4 rings (SSSR count). The highest BCUT2D eigenvalue weighted by molar-refractivity contribution is 6.34. The van der Waals surface area contributed by atoms with Crippen LogP contribution in [0.5, 0.6) is 0 Å². The summed E-state index contributed by atoms with van der Waals surface area (Å²) in [6, 6.07) is 19.0. The maximum absolute atomic E-state index is 6.18. The number of nitrogens with one attached hydrogen (secondary N) is 1. The molecule has 1 aliphatic heterocycles. The van der Waals surface area contributed by atoms with Gasteiger partial charge in [-0.2, -0.15) is 0 Å². The number of fused-ring (bicyclic) bond motifs is 1. The Hall–Kier alpha value is -2.17. The van der Waals surface area contributed by atoms with Crippen molar-refractivity contribution in [1.29, 1.82) is 0 Å². The molecule has 3 aromatic rings. The molecule has 0 amide bonds. The maximum atomic E-state index is 6.18. The number of rotatable bonds is 4. The minimum atomic E-state index is 0.372. The van der Waals surface area contributed by atoms with Crippen molar-refractivity contribution >= 4 is 28.2 Å². The van der Waals surface area contributed by atoms with E-state index >= 15 is 0 Å². The largest absolute Gasteiger partial charge is 0.364 e. The van der Waals surface area contributed by atoms with Crippen LogP contribution in [-0.4, -0.2) is 34.2 Å². The summed E-state index contributed by atoms with van der Waals surface area (Å²) in [6.07, 6.45) is 2.33. The van der Waals surface area contributed by atoms with E-state index in [-0.39, 0.29) is 0 Å². The summed E-state index contributed by atoms with van der Waals surface area (Å²) < 4.78 is 0. The molecule has 1 unspecified atom stereocenters. The summed E-state index contributed by atoms with van der Waals surface area (Å²) in [4.78, 5) is 2.50. The van der Waals surface area contributed by atoms with Crippen molar-refractivity contribution in [3.05, 3.63) is 65.3 Å². The smallest absolute Gasteiger partial charge is 0.159 e. The first-order valence-corrected chi connectivity index (χ1v) is 9.11. The molecule has 4 nitrogen and oxygen atoms in total. The van der Waals surface area contributed by atoms with E-state index in [0.29, 0.717) is 11.2 Å². The van der Waals surface area contributed by atoms with E-state index in [1.807, 2.05) is 24.3 Å². The second kappa shape index (κ2) is 7.38. The van der Waals surface area contributed by atoms with Crippen LogP contribution in [0.1, 0.15) is 18.4 Å². The Labute approximate surface area is 152 Å². The van der Waals surface area contributed by atoms with Crippen LogP contribution < -0.4 is 5.32 Å². The van der Waals surface area contributed by atoms with E-state index in [9.17, 15) is 0 Å². The number of anilines is 1. The van der Waals surface area contributed by atoms with Crippen LogP contribution in [0.4, 0.5) is 5.82 Å². The summed E-state index contributed by atoms with van der Waals surface area (Å²) in [6.45, 7) is 3.14. The van der Waals surface area contributed by atoms with Gasteiger partial charge in [-0.05, 0) is 24.9 Å². The van der Waals surface area contributed by atoms with Gasteiger partial charge in [0.1, 0.15) is 0 Å². The quantitative estimate of drug-likeness (QED) is 0.757. The molecule has 1 saturated heterocycles. The number of piperidine rings is 1. The Kier molecular flexibility index (Phi) is 4.81. The maximum Gasteiger partial charge on any atom is 0.159 e. The van der Waals surface area contributed by atoms with E-state index < -0.39 is 0 Å². The summed E-state index contributed by atoms with van der Waals surface area (Å²) in [7, 11) is 0. The van der Waals surface area contributed by atoms with Gasteiger partial charge in [-0.1, -0.05) is 66.2 Å². The molecule has 0 radical (unpaired) electrons. The van der Waals surface area contributed by atoms with Gasteiger partial charge in [-0.15, -0.1) is 10.2 Å². The van der Waals surface area contributed by atoms with E-state index in [1.54, 1.807) is 0 Å². The van der Waals surface area contributed by atoms with Crippen molar-refractivity contribution in [2.45, 2.75) is 25.4 Å². The second-order valence-electron chi connectivity index (χ2n) is 6.59. The van der Waals surface area contributed by atoms with E-state index in [1.165, 1.54) is 12.0 Å². The average Bonchev–Trinajstić information content (AvgIpc) is 2.65. The van der Waals surface area contributed by atoms with E-state index in [2.05, 4.69) is 50.7 Å². The van der Waals surface area contributed by atoms with Crippen molar-refractivity contribution in [2.75, 3.05) is 18.4 Å². The van der Waals surface area contributed by atoms with Gasteiger partial charge >= 0.3 is 0 Å². The molecule has 1 aromatic heterocycles. The molecule has 1 atom stereocenters. The average molecular weight is 353 g/mol. The highest BCUT2D eigenvalue weighted by Crippen LogP contribution is 2.27. The number of nitrogens with zero attached hydrogens (tertiary/aromatic N) is 3. The number of halogens is 1. The molecule has 128 valence electrons. The number of aromatic nitrogens is 2. The van der Waals surface area contributed by atoms with Crippen LogP contribution in [0.2, 0.25) is 5.15 Å². The summed E-state index contributed by atoms with van der Waals surface area (Å²) in [5.74, 6) is 0.826. The fraction of sp³-hybridized carbons (Fsp3) is 0.300. The van der Waals surface area contributed by atoms with E-state index in [0.717, 1.165) is 42.6 Å². The zero-order valence-corrected chi connectivity index (χ0v) is 14.8. The van der Waals surface area contributed by atoms with Crippen LogP contribution >= 0.6 is 11.6 Å². The van der Waals surface area contributed by atoms with Gasteiger partial charge in [0.25, 0.3) is 0 Å². The lowest BCUT2D eigenvalue weighted by Crippen LogP contribution is -2.41. The Morgan fingerprint density at radius 3 is 2.60 bits per heavy atom. The minimum absolute atomic E-state index is 0.372. The van der Waals surface area contributed by atoms with Gasteiger partial charge in [0.15, 0.2) is 11.0 Å². The van der Waals surface area contributed by atoms with Crippen molar-refractivity contribution in [3.8, 4) is 0 Å². The molecule has 0 bridgehead atoms. The number of benzene rings is 2. The molecule has 1 N–H and O–H groups in total. The first kappa shape index (κ1) is 16.3. The lowest BCUT2D eigenvalue weighted by molar-refractivity contribution is 0.208. The second-order valence-corrected chi connectivity index (χ2v) is 6.95. The fourth-order valence-electron chi connectivity index (χ4n) is 3.53. The minimum Gasteiger partial charge on any atom is -0.364 e. The Morgan fingerprint density at radius 1 is 1.00 bits per heavy atom. The Bertz CT molecular complexity index is 853. The topological polar surface area (TPSA) is 41.1 Å². The van der Waals surface area contributed by atoms with Crippen LogP contribution in [0.25, 0.3) is 10.8 Å². The monoisotopic (exact) mass is 352 g/mol. The molecule has 1 fully saturated rings. The molecule has 2 heterocycles. The Morgan fingerprint density at radius 2 is 1.76 bits per heavy atom. The number of hydrogen-bond donors (Lipinski definition) is 1. The van der Waals surface area contributed by atoms with Crippen molar-refractivity contribution in [3.63, 3.8) is 0 Å². The van der Waals surface area contributed by atoms with Gasteiger partial charge in [0.2, 0.25) is 0 Å². The third-order valence-corrected chi connectivity index (χ3v) is 5.02. The van der Waals surface area contributed by atoms with Crippen molar-refractivity contribution in [2.24, 2.45) is 0 Å². The summed E-state index contributed by atoms with van der Waals surface area (Å²) in [5.41, 5.74) is 1.36. The van der Waals surface area contributed by atoms with E-state index in [4.69, 9.17) is 11.6 Å². The van der Waals surface area contributed by atoms with Crippen LogP contribution in [-0.2, 0) is 6.54 Å². The number of likely N-dealkylation sites (tertiary alicyclic amines) is 1. The van der Waals surface area contributed by atoms with Gasteiger partial charge in [0.05, 0.1) is 0 Å². The first-order chi connectivity index (χ1) is 12.3. The molecular formula is C20H21ClN4. The molecule has 1 aliphatic rings. The van der Waals surface area contributed by atoms with Crippen LogP contribution in [0.15, 0.2) is 54.6 Å². The normalized spacial score (nSPS) is 18.4. The predicted octanol–water partition coefficient (Wildman–Crippen LogP) is 4.36. The molecule has 0 saturated carbocycles. The van der Waals surface area contributed by atoms with Crippen LogP contribution in [0.3, 0.4) is 0 Å². The molecule has 25 heavy (non-hydrogen) atoms. The van der Waals surface area contributed by atoms with Gasteiger partial charge in [0, 0.05) is 29.9 Å². The summed E-state index contributed by atoms with van der Waals surface area (Å²) >= 11 is 6.18. The van der Waals surface area contributed by atoms with Gasteiger partial charge in [-0.3, -0.25) is 4.90 Å². The first-order valence-electron chi connectivity index (χ1n) is 8.73. The molecule has 0 spiro atoms. The van der Waals surface area contributed by atoms with Crippen molar-refractivity contribution in [1.82, 2.24) is 15.1 Å². The van der Waals surface area contributed by atoms with Crippen molar-refractivity contribution < 1.29 is 0 Å². The summed E-state index contributed by atoms with van der Waals surface area (Å²) in [5, 5.41) is 14.4. The molecule has 5 heteroatoms. The van der Waals surface area contributed by atoms with Gasteiger partial charge in [-0.25, -0.2) is 0 Å². The SMILES string of the molecule is Clc1nnc(NC2CCCN(Cc3ccccc3)C2)c2ccccc12. The lowest BCUT2D eigenvalue weighted by atomic mass is 10.0. The third-order valence-electron chi connectivity index (χ3n) is 4.74. The third kappa shape index (κ3) is 3.75. The molecule has 2 aromatic carbocycles. The molecule has 0 aliphatic carbocycles. The standard InChI is InChI=1S/C20H21ClN4/c21-19-17-10-4-5-11-18(17)20(24-23-19)22-16-9-6-12-25(14-16)13-15-7-2-1-3-8-15/h1-5,7-8,10-11,16H,6,9,12-14H2,(H,22,24). The predicted molar refractivity (Wildman–Crippen MR) is 103 cm³/mol. The highest BCUT2D eigenvalue weighted by Gasteiger charge is 2.21. The fourth-order valence-corrected chi connectivity index (χ4v) is 3.73. The van der Waals surface area contributed by atoms with Gasteiger partial charge < -0.3 is 5.32 Å². The van der Waals surface area contributed by atoms with Crippen LogP contribution in [0, 0.1) is 0 Å². The highest BCUT2D eigenvalue weighted by atomic mass is 35.5. The lowest BCUT2D eigenvalue weighted by Gasteiger charge is -2.33. The Balaban J connectivity index is 1.49. The number of hydrogen-bond acceptors (Lipinski definition) is 4.